The van der Waals surface area contributed by atoms with Crippen molar-refractivity contribution in [3.63, 3.8) is 0 Å². The molecule has 0 saturated carbocycles. The molecule has 0 aliphatic carbocycles. The minimum atomic E-state index is -0.0578. The van der Waals surface area contributed by atoms with Crippen LogP contribution in [-0.4, -0.2) is 58.4 Å². The molecule has 0 radical (unpaired) electrons. The maximum absolute atomic E-state index is 13.1. The first kappa shape index (κ1) is 19.0. The molecule has 2 aromatic heterocycles. The van der Waals surface area contributed by atoms with Crippen LogP contribution in [-0.2, 0) is 4.79 Å². The topological polar surface area (TPSA) is 52.2 Å². The molecule has 1 aromatic carbocycles. The van der Waals surface area contributed by atoms with Crippen LogP contribution in [0.15, 0.2) is 48.8 Å². The second-order valence-corrected chi connectivity index (χ2v) is 7.66. The highest BCUT2D eigenvalue weighted by atomic mass is 35.5. The van der Waals surface area contributed by atoms with Crippen molar-refractivity contribution in [1.29, 1.82) is 0 Å². The highest BCUT2D eigenvalue weighted by Crippen LogP contribution is 2.34. The van der Waals surface area contributed by atoms with E-state index in [1.54, 1.807) is 12.3 Å². The number of aromatic amines is 1. The minimum Gasteiger partial charge on any atom is -0.361 e. The summed E-state index contributed by atoms with van der Waals surface area (Å²) in [6, 6.07) is 12.0. The number of halogens is 1. The highest BCUT2D eigenvalue weighted by Gasteiger charge is 2.26. The van der Waals surface area contributed by atoms with Gasteiger partial charge in [0.2, 0.25) is 5.91 Å². The molecule has 0 spiro atoms. The van der Waals surface area contributed by atoms with E-state index in [-0.39, 0.29) is 11.8 Å². The first-order valence-electron chi connectivity index (χ1n) is 9.83. The first-order chi connectivity index (χ1) is 13.7. The molecule has 3 heterocycles. The number of pyridine rings is 1. The number of benzene rings is 1. The van der Waals surface area contributed by atoms with Gasteiger partial charge in [-0.3, -0.25) is 4.79 Å². The largest absolute Gasteiger partial charge is 0.361 e. The minimum absolute atomic E-state index is 0.0578. The number of hydrogen-bond donors (Lipinski definition) is 1. The number of rotatable bonds is 5. The van der Waals surface area contributed by atoms with Crippen molar-refractivity contribution in [3.05, 3.63) is 65.1 Å². The molecule has 28 heavy (non-hydrogen) atoms. The molecular weight excluding hydrogens is 372 g/mol. The van der Waals surface area contributed by atoms with Crippen molar-refractivity contribution in [2.24, 2.45) is 0 Å². The average molecular weight is 397 g/mol. The van der Waals surface area contributed by atoms with Crippen LogP contribution < -0.4 is 0 Å². The predicted octanol–water partition coefficient (Wildman–Crippen LogP) is 3.90. The second-order valence-electron chi connectivity index (χ2n) is 7.28. The van der Waals surface area contributed by atoms with Crippen LogP contribution in [0.4, 0.5) is 0 Å². The summed E-state index contributed by atoms with van der Waals surface area (Å²) in [5.41, 5.74) is 3.21. The smallest absolute Gasteiger partial charge is 0.223 e. The lowest BCUT2D eigenvalue weighted by Crippen LogP contribution is -2.48. The third-order valence-corrected chi connectivity index (χ3v) is 5.92. The Morgan fingerprint density at radius 1 is 1.18 bits per heavy atom. The van der Waals surface area contributed by atoms with E-state index >= 15 is 0 Å². The van der Waals surface area contributed by atoms with Gasteiger partial charge in [0.15, 0.2) is 0 Å². The maximum Gasteiger partial charge on any atom is 0.223 e. The Kier molecular flexibility index (Phi) is 5.64. The number of amides is 1. The number of likely N-dealkylation sites (N-methyl/N-ethyl adjacent to an activating group) is 1. The molecule has 5 nitrogen and oxygen atoms in total. The zero-order chi connectivity index (χ0) is 19.5. The number of nitrogens with zero attached hydrogens (tertiary/aromatic N) is 3. The van der Waals surface area contributed by atoms with Gasteiger partial charge in [-0.15, -0.1) is 0 Å². The summed E-state index contributed by atoms with van der Waals surface area (Å²) in [5.74, 6) is 0.138. The van der Waals surface area contributed by atoms with Gasteiger partial charge < -0.3 is 14.8 Å². The molecule has 6 heteroatoms. The van der Waals surface area contributed by atoms with Gasteiger partial charge >= 0.3 is 0 Å². The average Bonchev–Trinajstić information content (AvgIpc) is 3.16. The van der Waals surface area contributed by atoms with Crippen LogP contribution in [0.25, 0.3) is 10.9 Å². The Balaban J connectivity index is 1.62. The third-order valence-electron chi connectivity index (χ3n) is 5.70. The SMILES string of the molecule is CCN1CCN(C(=O)C[C@@H](c2ccc(Cl)nc2)c2c[nH]c3ccccc23)CC1. The summed E-state index contributed by atoms with van der Waals surface area (Å²) in [6.07, 6.45) is 4.24. The number of fused-ring (bicyclic) bond motifs is 1. The summed E-state index contributed by atoms with van der Waals surface area (Å²) in [7, 11) is 0. The lowest BCUT2D eigenvalue weighted by atomic mass is 9.88. The molecule has 0 bridgehead atoms. The summed E-state index contributed by atoms with van der Waals surface area (Å²) in [4.78, 5) is 25.1. The Morgan fingerprint density at radius 3 is 2.68 bits per heavy atom. The van der Waals surface area contributed by atoms with Crippen LogP contribution >= 0.6 is 11.6 Å². The number of piperazine rings is 1. The standard InChI is InChI=1S/C22H25ClN4O/c1-2-26-9-11-27(12-10-26)22(28)13-18(16-7-8-21(23)25-14-16)19-15-24-20-6-4-3-5-17(19)20/h3-8,14-15,18,24H,2,9-13H2,1H3/t18-/m0/s1. The van der Waals surface area contributed by atoms with Gasteiger partial charge in [0.1, 0.15) is 5.15 Å². The fourth-order valence-electron chi connectivity index (χ4n) is 4.00. The Hall–Kier alpha value is -2.37. The predicted molar refractivity (Wildman–Crippen MR) is 113 cm³/mol. The van der Waals surface area contributed by atoms with Gasteiger partial charge in [0.25, 0.3) is 0 Å². The quantitative estimate of drug-likeness (QED) is 0.665. The van der Waals surface area contributed by atoms with E-state index in [1.165, 1.54) is 0 Å². The molecule has 1 atom stereocenters. The number of nitrogens with one attached hydrogen (secondary N) is 1. The fourth-order valence-corrected chi connectivity index (χ4v) is 4.11. The van der Waals surface area contributed by atoms with Crippen molar-refractivity contribution >= 4 is 28.4 Å². The number of aromatic nitrogens is 2. The molecule has 1 aliphatic rings. The van der Waals surface area contributed by atoms with Gasteiger partial charge in [-0.25, -0.2) is 4.98 Å². The van der Waals surface area contributed by atoms with E-state index < -0.39 is 0 Å². The van der Waals surface area contributed by atoms with Gasteiger partial charge in [-0.2, -0.15) is 0 Å². The van der Waals surface area contributed by atoms with Crippen molar-refractivity contribution in [2.75, 3.05) is 32.7 Å². The number of carbonyl (C=O) groups excluding carboxylic acids is 1. The van der Waals surface area contributed by atoms with Crippen molar-refractivity contribution in [1.82, 2.24) is 19.8 Å². The van der Waals surface area contributed by atoms with Crippen molar-refractivity contribution in [2.45, 2.75) is 19.3 Å². The molecule has 146 valence electrons. The van der Waals surface area contributed by atoms with E-state index in [2.05, 4.69) is 33.9 Å². The molecule has 1 aliphatic heterocycles. The second kappa shape index (κ2) is 8.33. The number of para-hydroxylation sites is 1. The van der Waals surface area contributed by atoms with Gasteiger partial charge in [0, 0.05) is 61.8 Å². The molecule has 1 fully saturated rings. The summed E-state index contributed by atoms with van der Waals surface area (Å²) in [5, 5.41) is 1.61. The lowest BCUT2D eigenvalue weighted by Gasteiger charge is -2.34. The lowest BCUT2D eigenvalue weighted by molar-refractivity contribution is -0.133. The zero-order valence-corrected chi connectivity index (χ0v) is 16.8. The third kappa shape index (κ3) is 3.91. The molecule has 0 unspecified atom stereocenters. The molecular formula is C22H25ClN4O. The molecule has 1 saturated heterocycles. The summed E-state index contributed by atoms with van der Waals surface area (Å²) >= 11 is 5.99. The Labute approximate surface area is 170 Å². The van der Waals surface area contributed by atoms with Crippen molar-refractivity contribution in [3.8, 4) is 0 Å². The van der Waals surface area contributed by atoms with E-state index in [4.69, 9.17) is 11.6 Å². The van der Waals surface area contributed by atoms with Crippen LogP contribution in [0.2, 0.25) is 5.15 Å². The van der Waals surface area contributed by atoms with E-state index in [9.17, 15) is 4.79 Å². The molecule has 4 rings (SSSR count). The fraction of sp³-hybridized carbons (Fsp3) is 0.364. The number of hydrogen-bond acceptors (Lipinski definition) is 3. The van der Waals surface area contributed by atoms with Gasteiger partial charge in [-0.1, -0.05) is 42.8 Å². The monoisotopic (exact) mass is 396 g/mol. The van der Waals surface area contributed by atoms with Gasteiger partial charge in [0.05, 0.1) is 0 Å². The van der Waals surface area contributed by atoms with Crippen molar-refractivity contribution < 1.29 is 4.79 Å². The summed E-state index contributed by atoms with van der Waals surface area (Å²) < 4.78 is 0. The highest BCUT2D eigenvalue weighted by molar-refractivity contribution is 6.29. The summed E-state index contributed by atoms with van der Waals surface area (Å²) in [6.45, 7) is 6.69. The van der Waals surface area contributed by atoms with Crippen LogP contribution in [0.3, 0.4) is 0 Å². The Morgan fingerprint density at radius 2 is 1.96 bits per heavy atom. The zero-order valence-electron chi connectivity index (χ0n) is 16.1. The van der Waals surface area contributed by atoms with E-state index in [0.29, 0.717) is 11.6 Å². The normalized spacial score (nSPS) is 16.4. The van der Waals surface area contributed by atoms with E-state index in [1.807, 2.05) is 29.3 Å². The molecule has 1 amide bonds. The van der Waals surface area contributed by atoms with Crippen LogP contribution in [0.1, 0.15) is 30.4 Å². The maximum atomic E-state index is 13.1. The van der Waals surface area contributed by atoms with Crippen LogP contribution in [0.5, 0.6) is 0 Å². The number of carbonyl (C=O) groups is 1. The molecule has 1 N–H and O–H groups in total. The van der Waals surface area contributed by atoms with Crippen LogP contribution in [0, 0.1) is 0 Å². The Bertz CT molecular complexity index is 945. The molecule has 3 aromatic rings. The first-order valence-corrected chi connectivity index (χ1v) is 10.2. The van der Waals surface area contributed by atoms with E-state index in [0.717, 1.165) is 54.8 Å². The van der Waals surface area contributed by atoms with Gasteiger partial charge in [-0.05, 0) is 29.8 Å². The number of H-pyrrole nitrogens is 1.